The zero-order chi connectivity index (χ0) is 14.4. The summed E-state index contributed by atoms with van der Waals surface area (Å²) in [5.74, 6) is 2.61. The lowest BCUT2D eigenvalue weighted by atomic mass is 9.92. The molecule has 2 atom stereocenters. The molecule has 1 aliphatic rings. The lowest BCUT2D eigenvalue weighted by Gasteiger charge is -2.34. The molecule has 0 bridgehead atoms. The Labute approximate surface area is 123 Å². The minimum atomic E-state index is 0.783. The van der Waals surface area contributed by atoms with E-state index in [1.807, 2.05) is 7.05 Å². The third-order valence-electron chi connectivity index (χ3n) is 3.92. The summed E-state index contributed by atoms with van der Waals surface area (Å²) in [5, 5.41) is 3.15. The zero-order valence-electron chi connectivity index (χ0n) is 13.1. The molecule has 1 aromatic carbocycles. The first-order valence-corrected chi connectivity index (χ1v) is 7.76. The summed E-state index contributed by atoms with van der Waals surface area (Å²) < 4.78 is 5.85. The van der Waals surface area contributed by atoms with Gasteiger partial charge in [0.25, 0.3) is 0 Å². The summed E-state index contributed by atoms with van der Waals surface area (Å²) in [6.07, 6.45) is 1.37. The maximum atomic E-state index is 5.85. The van der Waals surface area contributed by atoms with E-state index in [0.29, 0.717) is 0 Å². The fraction of sp³-hybridized carbons (Fsp3) is 0.647. The highest BCUT2D eigenvalue weighted by Gasteiger charge is 2.21. The number of nitrogens with zero attached hydrogens (tertiary/aromatic N) is 1. The molecule has 1 N–H and O–H groups in total. The quantitative estimate of drug-likeness (QED) is 0.864. The van der Waals surface area contributed by atoms with Crippen LogP contribution >= 0.6 is 0 Å². The molecule has 0 amide bonds. The Kier molecular flexibility index (Phi) is 5.86. The molecule has 1 fully saturated rings. The van der Waals surface area contributed by atoms with Crippen LogP contribution in [-0.4, -0.2) is 38.2 Å². The van der Waals surface area contributed by atoms with Gasteiger partial charge in [-0.25, -0.2) is 0 Å². The van der Waals surface area contributed by atoms with E-state index >= 15 is 0 Å². The van der Waals surface area contributed by atoms with E-state index in [2.05, 4.69) is 48.3 Å². The molecule has 0 saturated carbocycles. The standard InChI is InChI=1S/C17H28N2O/c1-14-10-15(2)13-19(12-14)8-9-20-17-6-4-16(5-7-17)11-18-3/h4-7,14-15,18H,8-13H2,1-3H3. The Morgan fingerprint density at radius 3 is 2.40 bits per heavy atom. The van der Waals surface area contributed by atoms with E-state index in [1.165, 1.54) is 25.1 Å². The largest absolute Gasteiger partial charge is 0.492 e. The predicted molar refractivity (Wildman–Crippen MR) is 84.1 cm³/mol. The molecule has 2 unspecified atom stereocenters. The first-order valence-electron chi connectivity index (χ1n) is 7.76. The summed E-state index contributed by atoms with van der Waals surface area (Å²) in [6.45, 7) is 9.86. The van der Waals surface area contributed by atoms with Crippen molar-refractivity contribution in [3.05, 3.63) is 29.8 Å². The van der Waals surface area contributed by atoms with Crippen molar-refractivity contribution in [2.75, 3.05) is 33.3 Å². The van der Waals surface area contributed by atoms with E-state index in [-0.39, 0.29) is 0 Å². The van der Waals surface area contributed by atoms with Gasteiger partial charge >= 0.3 is 0 Å². The number of benzene rings is 1. The van der Waals surface area contributed by atoms with Crippen LogP contribution < -0.4 is 10.1 Å². The van der Waals surface area contributed by atoms with Gasteiger partial charge in [-0.2, -0.15) is 0 Å². The van der Waals surface area contributed by atoms with Crippen molar-refractivity contribution in [3.8, 4) is 5.75 Å². The second kappa shape index (κ2) is 7.65. The number of ether oxygens (including phenoxy) is 1. The number of nitrogens with one attached hydrogen (secondary N) is 1. The van der Waals surface area contributed by atoms with Crippen molar-refractivity contribution < 1.29 is 4.74 Å². The highest BCUT2D eigenvalue weighted by Crippen LogP contribution is 2.20. The first-order chi connectivity index (χ1) is 9.67. The third-order valence-corrected chi connectivity index (χ3v) is 3.92. The van der Waals surface area contributed by atoms with Gasteiger partial charge in [-0.1, -0.05) is 26.0 Å². The molecule has 1 saturated heterocycles. The van der Waals surface area contributed by atoms with E-state index < -0.39 is 0 Å². The van der Waals surface area contributed by atoms with Gasteiger partial charge in [0.15, 0.2) is 0 Å². The van der Waals surface area contributed by atoms with Gasteiger partial charge in [-0.05, 0) is 43.0 Å². The molecule has 1 heterocycles. The summed E-state index contributed by atoms with van der Waals surface area (Å²) >= 11 is 0. The molecule has 2 rings (SSSR count). The van der Waals surface area contributed by atoms with Crippen LogP contribution in [0.2, 0.25) is 0 Å². The number of rotatable bonds is 6. The second-order valence-electron chi connectivity index (χ2n) is 6.23. The molecule has 0 spiro atoms. The fourth-order valence-corrected chi connectivity index (χ4v) is 3.17. The Hall–Kier alpha value is -1.06. The van der Waals surface area contributed by atoms with E-state index in [4.69, 9.17) is 4.74 Å². The van der Waals surface area contributed by atoms with Crippen molar-refractivity contribution in [3.63, 3.8) is 0 Å². The van der Waals surface area contributed by atoms with Gasteiger partial charge in [0.2, 0.25) is 0 Å². The van der Waals surface area contributed by atoms with Crippen molar-refractivity contribution in [2.45, 2.75) is 26.8 Å². The Morgan fingerprint density at radius 2 is 1.80 bits per heavy atom. The van der Waals surface area contributed by atoms with Gasteiger partial charge in [-0.3, -0.25) is 4.90 Å². The molecule has 3 heteroatoms. The average molecular weight is 276 g/mol. The van der Waals surface area contributed by atoms with Gasteiger partial charge in [0.1, 0.15) is 12.4 Å². The highest BCUT2D eigenvalue weighted by atomic mass is 16.5. The molecular weight excluding hydrogens is 248 g/mol. The minimum absolute atomic E-state index is 0.783. The number of hydrogen-bond acceptors (Lipinski definition) is 3. The molecule has 112 valence electrons. The molecule has 0 radical (unpaired) electrons. The smallest absolute Gasteiger partial charge is 0.119 e. The van der Waals surface area contributed by atoms with Crippen LogP contribution in [0.4, 0.5) is 0 Å². The summed E-state index contributed by atoms with van der Waals surface area (Å²) in [5.41, 5.74) is 1.29. The molecular formula is C17H28N2O. The van der Waals surface area contributed by atoms with Crippen LogP contribution in [-0.2, 0) is 6.54 Å². The molecule has 1 aromatic rings. The number of likely N-dealkylation sites (tertiary alicyclic amines) is 1. The van der Waals surface area contributed by atoms with Crippen LogP contribution in [0.5, 0.6) is 5.75 Å². The van der Waals surface area contributed by atoms with Crippen molar-refractivity contribution in [2.24, 2.45) is 11.8 Å². The summed E-state index contributed by atoms with van der Waals surface area (Å²) in [7, 11) is 1.96. The SMILES string of the molecule is CNCc1ccc(OCCN2CC(C)CC(C)C2)cc1. The molecule has 20 heavy (non-hydrogen) atoms. The van der Waals surface area contributed by atoms with E-state index in [0.717, 1.165) is 37.3 Å². The Bertz CT molecular complexity index is 380. The summed E-state index contributed by atoms with van der Waals surface area (Å²) in [4.78, 5) is 2.54. The molecule has 0 aliphatic carbocycles. The molecule has 0 aromatic heterocycles. The fourth-order valence-electron chi connectivity index (χ4n) is 3.17. The van der Waals surface area contributed by atoms with Crippen molar-refractivity contribution >= 4 is 0 Å². The van der Waals surface area contributed by atoms with E-state index in [9.17, 15) is 0 Å². The van der Waals surface area contributed by atoms with Crippen LogP contribution in [0.15, 0.2) is 24.3 Å². The van der Waals surface area contributed by atoms with Gasteiger partial charge in [0, 0.05) is 26.2 Å². The second-order valence-corrected chi connectivity index (χ2v) is 6.23. The normalized spacial score (nSPS) is 23.8. The number of hydrogen-bond donors (Lipinski definition) is 1. The lowest BCUT2D eigenvalue weighted by molar-refractivity contribution is 0.120. The van der Waals surface area contributed by atoms with Crippen LogP contribution in [0.3, 0.4) is 0 Å². The monoisotopic (exact) mass is 276 g/mol. The Morgan fingerprint density at radius 1 is 1.15 bits per heavy atom. The van der Waals surface area contributed by atoms with Gasteiger partial charge in [-0.15, -0.1) is 0 Å². The first kappa shape index (κ1) is 15.3. The Balaban J connectivity index is 1.72. The molecule has 1 aliphatic heterocycles. The minimum Gasteiger partial charge on any atom is -0.492 e. The van der Waals surface area contributed by atoms with Crippen LogP contribution in [0.1, 0.15) is 25.8 Å². The molecule has 3 nitrogen and oxygen atoms in total. The van der Waals surface area contributed by atoms with E-state index in [1.54, 1.807) is 0 Å². The van der Waals surface area contributed by atoms with Crippen LogP contribution in [0, 0.1) is 11.8 Å². The van der Waals surface area contributed by atoms with Gasteiger partial charge < -0.3 is 10.1 Å². The maximum absolute atomic E-state index is 5.85. The van der Waals surface area contributed by atoms with Crippen molar-refractivity contribution in [1.82, 2.24) is 10.2 Å². The maximum Gasteiger partial charge on any atom is 0.119 e. The average Bonchev–Trinajstić information content (AvgIpc) is 2.40. The highest BCUT2D eigenvalue weighted by molar-refractivity contribution is 5.27. The zero-order valence-corrected chi connectivity index (χ0v) is 13.1. The third kappa shape index (κ3) is 4.80. The topological polar surface area (TPSA) is 24.5 Å². The summed E-state index contributed by atoms with van der Waals surface area (Å²) in [6, 6.07) is 8.37. The van der Waals surface area contributed by atoms with Crippen LogP contribution in [0.25, 0.3) is 0 Å². The predicted octanol–water partition coefficient (Wildman–Crippen LogP) is 2.76. The van der Waals surface area contributed by atoms with Crippen molar-refractivity contribution in [1.29, 1.82) is 0 Å². The van der Waals surface area contributed by atoms with Gasteiger partial charge in [0.05, 0.1) is 0 Å². The number of piperidine rings is 1. The lowest BCUT2D eigenvalue weighted by Crippen LogP contribution is -2.40.